The van der Waals surface area contributed by atoms with Gasteiger partial charge in [-0.05, 0) is 38.5 Å². The first-order chi connectivity index (χ1) is 41.9. The van der Waals surface area contributed by atoms with Crippen LogP contribution in [0.2, 0.25) is 0 Å². The van der Waals surface area contributed by atoms with Gasteiger partial charge in [0.25, 0.3) is 0 Å². The first-order valence-electron chi connectivity index (χ1n) is 30.9. The Balaban J connectivity index is 0. The van der Waals surface area contributed by atoms with Crippen molar-refractivity contribution in [3.8, 4) is 0 Å². The van der Waals surface area contributed by atoms with Crippen LogP contribution >= 0.6 is 0 Å². The molecule has 0 heterocycles. The Hall–Kier alpha value is -6.44. The van der Waals surface area contributed by atoms with Crippen LogP contribution in [-0.2, 0) is 124 Å². The Labute approximate surface area is 520 Å². The number of ether oxygens (including phenoxy) is 14. The molecule has 0 aliphatic heterocycles. The quantitative estimate of drug-likeness (QED) is 0.0415. The summed E-state index contributed by atoms with van der Waals surface area (Å²) < 4.78 is 77.4. The molecule has 0 radical (unpaired) electrons. The van der Waals surface area contributed by atoms with Crippen LogP contribution in [0.3, 0.4) is 0 Å². The summed E-state index contributed by atoms with van der Waals surface area (Å²) in [6, 6.07) is 0. The minimum atomic E-state index is -1.31. The summed E-state index contributed by atoms with van der Waals surface area (Å²) in [5.41, 5.74) is -5.21. The predicted octanol–water partition coefficient (Wildman–Crippen LogP) is 7.73. The zero-order chi connectivity index (χ0) is 66.9. The number of carbonyl (C=O) groups is 12. The third-order valence-electron chi connectivity index (χ3n) is 12.6. The first kappa shape index (κ1) is 83.6. The molecule has 0 aliphatic carbocycles. The molecule has 0 spiro atoms. The van der Waals surface area contributed by atoms with Crippen LogP contribution < -0.4 is 0 Å². The molecule has 0 aromatic heterocycles. The van der Waals surface area contributed by atoms with Crippen LogP contribution in [0, 0.1) is 21.7 Å². The van der Waals surface area contributed by atoms with Gasteiger partial charge in [-0.3, -0.25) is 57.5 Å². The molecule has 0 saturated carbocycles. The van der Waals surface area contributed by atoms with Crippen LogP contribution in [0.1, 0.15) is 199 Å². The van der Waals surface area contributed by atoms with E-state index in [0.29, 0.717) is 38.5 Å². The molecule has 0 aromatic rings. The zero-order valence-electron chi connectivity index (χ0n) is 54.7. The van der Waals surface area contributed by atoms with E-state index in [0.717, 1.165) is 0 Å². The van der Waals surface area contributed by atoms with Gasteiger partial charge in [0.15, 0.2) is 0 Å². The van der Waals surface area contributed by atoms with E-state index in [2.05, 4.69) is 0 Å². The number of esters is 12. The van der Waals surface area contributed by atoms with Crippen LogP contribution in [-0.4, -0.2) is 177 Å². The van der Waals surface area contributed by atoms with E-state index in [1.165, 1.54) is 0 Å². The summed E-state index contributed by atoms with van der Waals surface area (Å²) in [7, 11) is 0. The Morgan fingerprint density at radius 2 is 0.295 bits per heavy atom. The molecule has 88 heavy (non-hydrogen) atoms. The van der Waals surface area contributed by atoms with E-state index in [1.54, 1.807) is 41.5 Å². The van der Waals surface area contributed by atoms with Crippen molar-refractivity contribution in [2.45, 2.75) is 199 Å². The Bertz CT molecular complexity index is 1730. The maximum atomic E-state index is 12.4. The van der Waals surface area contributed by atoms with Gasteiger partial charge in [0.2, 0.25) is 0 Å². The molecule has 26 heteroatoms. The summed E-state index contributed by atoms with van der Waals surface area (Å²) in [5.74, 6) is -6.10. The maximum absolute atomic E-state index is 12.4. The van der Waals surface area contributed by atoms with Crippen molar-refractivity contribution in [3.63, 3.8) is 0 Å². The normalized spacial score (nSPS) is 11.3. The molecule has 0 fully saturated rings. The van der Waals surface area contributed by atoms with Crippen molar-refractivity contribution in [2.75, 3.05) is 106 Å². The molecule has 0 bridgehead atoms. The molecular formula is C62H104O26. The number of hydrogen-bond donors (Lipinski definition) is 0. The van der Waals surface area contributed by atoms with Crippen molar-refractivity contribution >= 4 is 71.6 Å². The number of rotatable bonds is 50. The lowest BCUT2D eigenvalue weighted by Gasteiger charge is -2.35. The summed E-state index contributed by atoms with van der Waals surface area (Å²) in [6.07, 6.45) is 4.69. The lowest BCUT2D eigenvalue weighted by atomic mass is 9.90. The molecule has 0 atom stereocenters. The Kier molecular flexibility index (Phi) is 47.0. The Morgan fingerprint density at radius 3 is 0.398 bits per heavy atom. The minimum Gasteiger partial charge on any atom is -0.465 e. The van der Waals surface area contributed by atoms with E-state index in [-0.39, 0.29) is 183 Å². The van der Waals surface area contributed by atoms with Crippen molar-refractivity contribution in [1.82, 2.24) is 0 Å². The number of hydrogen-bond acceptors (Lipinski definition) is 26. The Morgan fingerprint density at radius 1 is 0.182 bits per heavy atom. The zero-order valence-corrected chi connectivity index (χ0v) is 54.7. The van der Waals surface area contributed by atoms with Crippen molar-refractivity contribution in [2.24, 2.45) is 21.7 Å². The van der Waals surface area contributed by atoms with Gasteiger partial charge in [0.05, 0.1) is 48.1 Å². The maximum Gasteiger partial charge on any atom is 0.305 e. The highest BCUT2D eigenvalue weighted by atomic mass is 16.6. The molecule has 0 aromatic carbocycles. The predicted molar refractivity (Wildman–Crippen MR) is 314 cm³/mol. The van der Waals surface area contributed by atoms with Crippen LogP contribution in [0.15, 0.2) is 0 Å². The van der Waals surface area contributed by atoms with Gasteiger partial charge < -0.3 is 66.3 Å². The molecule has 0 N–H and O–H groups in total. The summed E-state index contributed by atoms with van der Waals surface area (Å²) >= 11 is 0. The second kappa shape index (κ2) is 49.4. The van der Waals surface area contributed by atoms with Gasteiger partial charge in [0.1, 0.15) is 79.3 Å². The molecule has 0 unspecified atom stereocenters. The SMILES string of the molecule is CCC(=O)OCC(COCC(COC(=O)CC)(COC(=O)CC)COC(=O)CC)(COC(=O)CC)COC(=O)CC.CCCC(=O)OCC(COCC(COC(=O)CCC)(COC(=O)CCC)COC(=O)CCC)(COC(=O)CCC)COC(=O)CCC. The van der Waals surface area contributed by atoms with E-state index < -0.39 is 93.3 Å². The highest BCUT2D eigenvalue weighted by molar-refractivity contribution is 5.73. The topological polar surface area (TPSA) is 334 Å². The fourth-order valence-electron chi connectivity index (χ4n) is 7.04. The fourth-order valence-corrected chi connectivity index (χ4v) is 7.04. The standard InChI is InChI=1S/C34H58O13.C28H46O13/c1-7-13-27(35)42-21-33(22-43-28(36)14-8-2,23-44-29(37)15-9-3)19-41-20-34(24-45-30(38)16-10-4,25-46-31(39)17-11-5)26-47-32(40)18-12-6;1-7-21(29)36-15-27(16-37-22(30)8-2,17-38-23(31)9-3)13-35-14-28(18-39-24(32)10-4,19-40-25(33)11-5)20-41-26(34)12-6/h7-26H2,1-6H3;7-20H2,1-6H3. The summed E-state index contributed by atoms with van der Waals surface area (Å²) in [5, 5.41) is 0. The highest BCUT2D eigenvalue weighted by Crippen LogP contribution is 2.29. The number of carbonyl (C=O) groups excluding carboxylic acids is 12. The van der Waals surface area contributed by atoms with Crippen LogP contribution in [0.25, 0.3) is 0 Å². The third-order valence-corrected chi connectivity index (χ3v) is 12.6. The van der Waals surface area contributed by atoms with Gasteiger partial charge in [-0.1, -0.05) is 83.1 Å². The van der Waals surface area contributed by atoms with Crippen LogP contribution in [0.5, 0.6) is 0 Å². The van der Waals surface area contributed by atoms with Crippen molar-refractivity contribution < 1.29 is 124 Å². The minimum absolute atomic E-state index is 0.0813. The van der Waals surface area contributed by atoms with Gasteiger partial charge in [-0.25, -0.2) is 0 Å². The van der Waals surface area contributed by atoms with E-state index in [4.69, 9.17) is 66.3 Å². The van der Waals surface area contributed by atoms with Crippen molar-refractivity contribution in [3.05, 3.63) is 0 Å². The van der Waals surface area contributed by atoms with Crippen LogP contribution in [0.4, 0.5) is 0 Å². The van der Waals surface area contributed by atoms with E-state index >= 15 is 0 Å². The lowest BCUT2D eigenvalue weighted by molar-refractivity contribution is -0.179. The highest BCUT2D eigenvalue weighted by Gasteiger charge is 2.43. The molecule has 26 nitrogen and oxygen atoms in total. The smallest absolute Gasteiger partial charge is 0.305 e. The monoisotopic (exact) mass is 1260 g/mol. The average Bonchev–Trinajstić information content (AvgIpc) is 3.29. The molecule has 0 saturated heterocycles. The second-order valence-electron chi connectivity index (χ2n) is 21.5. The molecular weight excluding hydrogens is 1160 g/mol. The first-order valence-corrected chi connectivity index (χ1v) is 30.9. The third kappa shape index (κ3) is 39.5. The fraction of sp³-hybridized carbons (Fsp3) is 0.806. The molecule has 508 valence electrons. The lowest BCUT2D eigenvalue weighted by Crippen LogP contribution is -2.47. The van der Waals surface area contributed by atoms with Gasteiger partial charge in [-0.15, -0.1) is 0 Å². The second-order valence-corrected chi connectivity index (χ2v) is 21.5. The largest absolute Gasteiger partial charge is 0.465 e. The molecule has 0 amide bonds. The average molecular weight is 1270 g/mol. The van der Waals surface area contributed by atoms with Gasteiger partial charge >= 0.3 is 71.6 Å². The summed E-state index contributed by atoms with van der Waals surface area (Å²) in [4.78, 5) is 146. The van der Waals surface area contributed by atoms with Crippen molar-refractivity contribution in [1.29, 1.82) is 0 Å². The molecule has 0 rings (SSSR count). The summed E-state index contributed by atoms with van der Waals surface area (Å²) in [6.45, 7) is 16.0. The van der Waals surface area contributed by atoms with Gasteiger partial charge in [0, 0.05) is 77.0 Å². The van der Waals surface area contributed by atoms with E-state index in [1.807, 2.05) is 41.5 Å². The molecule has 0 aliphatic rings. The van der Waals surface area contributed by atoms with E-state index in [9.17, 15) is 57.5 Å². The van der Waals surface area contributed by atoms with Gasteiger partial charge in [-0.2, -0.15) is 0 Å².